The van der Waals surface area contributed by atoms with Gasteiger partial charge in [-0.1, -0.05) is 30.3 Å². The lowest BCUT2D eigenvalue weighted by Gasteiger charge is -2.49. The van der Waals surface area contributed by atoms with E-state index >= 15 is 0 Å². The minimum absolute atomic E-state index is 0.192. The molecule has 8 heteroatoms. The molecule has 4 rings (SSSR count). The van der Waals surface area contributed by atoms with Crippen molar-refractivity contribution in [2.75, 3.05) is 44.2 Å². The average Bonchev–Trinajstić information content (AvgIpc) is 2.78. The molecule has 0 radical (unpaired) electrons. The van der Waals surface area contributed by atoms with Gasteiger partial charge < -0.3 is 19.8 Å². The molecule has 2 aliphatic rings. The van der Waals surface area contributed by atoms with E-state index in [2.05, 4.69) is 31.9 Å². The minimum Gasteiger partial charge on any atom is -0.483 e. The van der Waals surface area contributed by atoms with Gasteiger partial charge in [-0.25, -0.2) is 9.97 Å². The van der Waals surface area contributed by atoms with E-state index in [1.807, 2.05) is 37.4 Å². The van der Waals surface area contributed by atoms with Crippen molar-refractivity contribution in [3.8, 4) is 0 Å². The summed E-state index contributed by atoms with van der Waals surface area (Å²) in [6, 6.07) is 12.2. The molecule has 0 bridgehead atoms. The Bertz CT molecular complexity index is 828. The topological polar surface area (TPSA) is 99.0 Å². The highest BCUT2D eigenvalue weighted by molar-refractivity contribution is 5.32. The molecule has 2 N–H and O–H groups in total. The molecule has 0 saturated carbocycles. The Kier molecular flexibility index (Phi) is 8.96. The van der Waals surface area contributed by atoms with Gasteiger partial charge in [0.1, 0.15) is 0 Å². The van der Waals surface area contributed by atoms with Crippen LogP contribution in [0.25, 0.3) is 0 Å². The highest BCUT2D eigenvalue weighted by Gasteiger charge is 2.41. The number of rotatable bonds is 6. The molecule has 0 aliphatic carbocycles. The van der Waals surface area contributed by atoms with E-state index in [0.29, 0.717) is 13.2 Å². The van der Waals surface area contributed by atoms with Gasteiger partial charge >= 0.3 is 0 Å². The van der Waals surface area contributed by atoms with Crippen molar-refractivity contribution < 1.29 is 19.7 Å². The molecule has 174 valence electrons. The summed E-state index contributed by atoms with van der Waals surface area (Å²) in [5, 5.41) is 17.4. The first-order valence-corrected chi connectivity index (χ1v) is 11.2. The quantitative estimate of drug-likeness (QED) is 0.520. The van der Waals surface area contributed by atoms with E-state index in [4.69, 9.17) is 14.6 Å². The Morgan fingerprint density at radius 1 is 1.22 bits per heavy atom. The summed E-state index contributed by atoms with van der Waals surface area (Å²) in [4.78, 5) is 22.0. The number of carbonyl (C=O) groups is 1. The van der Waals surface area contributed by atoms with E-state index in [1.165, 1.54) is 5.56 Å². The van der Waals surface area contributed by atoms with Crippen molar-refractivity contribution in [3.05, 3.63) is 53.9 Å². The summed E-state index contributed by atoms with van der Waals surface area (Å²) < 4.78 is 5.87. The highest BCUT2D eigenvalue weighted by atomic mass is 16.5. The van der Waals surface area contributed by atoms with E-state index in [0.717, 1.165) is 63.6 Å². The minimum atomic E-state index is -0.250. The maximum absolute atomic E-state index is 10.5. The lowest BCUT2D eigenvalue weighted by molar-refractivity contribution is -0.122. The van der Waals surface area contributed by atoms with Gasteiger partial charge in [-0.3, -0.25) is 9.69 Å². The Balaban J connectivity index is 0.000000913. The Labute approximate surface area is 189 Å². The maximum atomic E-state index is 10.5. The molecule has 32 heavy (non-hydrogen) atoms. The third-order valence-corrected chi connectivity index (χ3v) is 6.25. The number of ether oxygens (including phenoxy) is 1. The number of nitrogens with zero attached hydrogens (tertiary/aromatic N) is 4. The van der Waals surface area contributed by atoms with Gasteiger partial charge in [-0.2, -0.15) is 0 Å². The van der Waals surface area contributed by atoms with Gasteiger partial charge in [0.2, 0.25) is 5.95 Å². The van der Waals surface area contributed by atoms with Crippen LogP contribution in [0.4, 0.5) is 5.95 Å². The number of carboxylic acid groups (broad SMARTS) is 1. The number of anilines is 1. The number of aromatic nitrogens is 2. The first-order valence-electron chi connectivity index (χ1n) is 11.2. The number of piperidine rings is 2. The average molecular weight is 443 g/mol. The number of benzene rings is 1. The summed E-state index contributed by atoms with van der Waals surface area (Å²) in [5.41, 5.74) is 2.40. The number of aryl methyl sites for hydroxylation is 1. The van der Waals surface area contributed by atoms with Crippen molar-refractivity contribution in [1.29, 1.82) is 0 Å². The summed E-state index contributed by atoms with van der Waals surface area (Å²) in [7, 11) is 0. The number of hydrogen-bond donors (Lipinski definition) is 2. The van der Waals surface area contributed by atoms with Crippen LogP contribution in [0.5, 0.6) is 0 Å². The molecule has 1 unspecified atom stereocenters. The molecule has 1 spiro atoms. The second-order valence-electron chi connectivity index (χ2n) is 8.72. The van der Waals surface area contributed by atoms with Crippen LogP contribution in [-0.4, -0.2) is 77.0 Å². The predicted octanol–water partition coefficient (Wildman–Crippen LogP) is 2.36. The van der Waals surface area contributed by atoms with Gasteiger partial charge in [0.15, 0.2) is 0 Å². The zero-order chi connectivity index (χ0) is 22.8. The van der Waals surface area contributed by atoms with Crippen LogP contribution in [0, 0.1) is 12.3 Å². The van der Waals surface area contributed by atoms with Crippen LogP contribution in [0.3, 0.4) is 0 Å². The Morgan fingerprint density at radius 2 is 1.94 bits per heavy atom. The SMILES string of the molecule is Cc1ccnc(N2CCC3(CC2)CC(O)CN(CCOCc2ccccc2)C3)n1.O=CO. The summed E-state index contributed by atoms with van der Waals surface area (Å²) in [6.45, 7) is 7.67. The zero-order valence-electron chi connectivity index (χ0n) is 18.8. The van der Waals surface area contributed by atoms with E-state index in [1.54, 1.807) is 0 Å². The third kappa shape index (κ3) is 6.98. The molecular weight excluding hydrogens is 408 g/mol. The van der Waals surface area contributed by atoms with Crippen LogP contribution >= 0.6 is 0 Å². The molecule has 1 atom stereocenters. The van der Waals surface area contributed by atoms with Crippen LogP contribution in [0.2, 0.25) is 0 Å². The highest BCUT2D eigenvalue weighted by Crippen LogP contribution is 2.40. The van der Waals surface area contributed by atoms with Gasteiger partial charge in [0.05, 0.1) is 19.3 Å². The lowest BCUT2D eigenvalue weighted by atomic mass is 9.71. The molecular formula is C24H34N4O4. The fourth-order valence-electron chi connectivity index (χ4n) is 4.73. The van der Waals surface area contributed by atoms with Crippen LogP contribution in [0.15, 0.2) is 42.6 Å². The Hall–Kier alpha value is -2.55. The lowest BCUT2D eigenvalue weighted by Crippen LogP contribution is -2.54. The molecule has 1 aromatic heterocycles. The molecule has 2 fully saturated rings. The predicted molar refractivity (Wildman–Crippen MR) is 123 cm³/mol. The number of likely N-dealkylation sites (tertiary alicyclic amines) is 1. The first kappa shape index (κ1) is 24.1. The number of aliphatic hydroxyl groups is 1. The van der Waals surface area contributed by atoms with Crippen molar-refractivity contribution >= 4 is 12.4 Å². The second kappa shape index (κ2) is 11.9. The summed E-state index contributed by atoms with van der Waals surface area (Å²) >= 11 is 0. The Morgan fingerprint density at radius 3 is 2.62 bits per heavy atom. The standard InChI is InChI=1S/C23H32N4O2.CH2O2/c1-19-7-10-24-22(25-19)27-11-8-23(9-12-27)15-21(28)16-26(18-23)13-14-29-17-20-5-3-2-4-6-20;2-1-3/h2-7,10,21,28H,8-9,11-18H2,1H3;1H,(H,2,3). The van der Waals surface area contributed by atoms with Crippen LogP contribution < -0.4 is 4.90 Å². The molecule has 2 aromatic rings. The number of β-amino-alcohol motifs (C(OH)–C–C–N with tert-alkyl or cyclic N) is 1. The molecule has 2 saturated heterocycles. The molecule has 0 amide bonds. The van der Waals surface area contributed by atoms with Crippen molar-refractivity contribution in [2.45, 2.75) is 38.9 Å². The van der Waals surface area contributed by atoms with Crippen molar-refractivity contribution in [2.24, 2.45) is 5.41 Å². The van der Waals surface area contributed by atoms with E-state index in [9.17, 15) is 5.11 Å². The monoisotopic (exact) mass is 442 g/mol. The third-order valence-electron chi connectivity index (χ3n) is 6.25. The fraction of sp³-hybridized carbons (Fsp3) is 0.542. The second-order valence-corrected chi connectivity index (χ2v) is 8.72. The number of hydrogen-bond acceptors (Lipinski definition) is 7. The summed E-state index contributed by atoms with van der Waals surface area (Å²) in [6.07, 6.45) is 4.63. The van der Waals surface area contributed by atoms with Crippen LogP contribution in [-0.2, 0) is 16.1 Å². The number of aliphatic hydroxyl groups excluding tert-OH is 1. The molecule has 3 heterocycles. The molecule has 2 aliphatic heterocycles. The zero-order valence-corrected chi connectivity index (χ0v) is 18.8. The van der Waals surface area contributed by atoms with E-state index in [-0.39, 0.29) is 18.0 Å². The van der Waals surface area contributed by atoms with Gasteiger partial charge in [-0.15, -0.1) is 0 Å². The van der Waals surface area contributed by atoms with Crippen molar-refractivity contribution in [1.82, 2.24) is 14.9 Å². The summed E-state index contributed by atoms with van der Waals surface area (Å²) in [5.74, 6) is 0.836. The largest absolute Gasteiger partial charge is 0.483 e. The van der Waals surface area contributed by atoms with Gasteiger partial charge in [0, 0.05) is 44.6 Å². The normalized spacial score (nSPS) is 20.4. The van der Waals surface area contributed by atoms with Gasteiger partial charge in [-0.05, 0) is 43.2 Å². The van der Waals surface area contributed by atoms with E-state index < -0.39 is 0 Å². The smallest absolute Gasteiger partial charge is 0.290 e. The molecule has 1 aromatic carbocycles. The fourth-order valence-corrected chi connectivity index (χ4v) is 4.73. The van der Waals surface area contributed by atoms with Crippen molar-refractivity contribution in [3.63, 3.8) is 0 Å². The van der Waals surface area contributed by atoms with Crippen LogP contribution in [0.1, 0.15) is 30.5 Å². The van der Waals surface area contributed by atoms with Gasteiger partial charge in [0.25, 0.3) is 6.47 Å². The first-order chi connectivity index (χ1) is 15.5. The molecule has 8 nitrogen and oxygen atoms in total. The maximum Gasteiger partial charge on any atom is 0.290 e.